The highest BCUT2D eigenvalue weighted by atomic mass is 127. The zero-order valence-electron chi connectivity index (χ0n) is 16.1. The van der Waals surface area contributed by atoms with Crippen LogP contribution in [-0.4, -0.2) is 56.4 Å². The van der Waals surface area contributed by atoms with Gasteiger partial charge in [-0.25, -0.2) is 4.98 Å². The Morgan fingerprint density at radius 3 is 2.65 bits per heavy atom. The lowest BCUT2D eigenvalue weighted by atomic mass is 9.89. The van der Waals surface area contributed by atoms with Crippen LogP contribution in [0.5, 0.6) is 0 Å². The van der Waals surface area contributed by atoms with Gasteiger partial charge in [-0.3, -0.25) is 4.99 Å². The molecule has 7 heteroatoms. The highest BCUT2D eigenvalue weighted by Crippen LogP contribution is 2.26. The molecule has 6 nitrogen and oxygen atoms in total. The second kappa shape index (κ2) is 9.73. The van der Waals surface area contributed by atoms with E-state index in [1.165, 1.54) is 0 Å². The molecule has 2 aliphatic heterocycles. The van der Waals surface area contributed by atoms with E-state index in [4.69, 9.17) is 9.73 Å². The number of aliphatic imine (C=N–C) groups is 1. The fraction of sp³-hybridized carbons (Fsp3) is 0.684. The van der Waals surface area contributed by atoms with Crippen LogP contribution >= 0.6 is 24.0 Å². The molecule has 0 bridgehead atoms. The van der Waals surface area contributed by atoms with Gasteiger partial charge in [0.25, 0.3) is 0 Å². The third-order valence-corrected chi connectivity index (χ3v) is 4.90. The van der Waals surface area contributed by atoms with Crippen molar-refractivity contribution in [3.63, 3.8) is 0 Å². The summed E-state index contributed by atoms with van der Waals surface area (Å²) in [4.78, 5) is 11.8. The van der Waals surface area contributed by atoms with Crippen LogP contribution in [0.4, 0.5) is 5.82 Å². The molecule has 0 aliphatic carbocycles. The molecule has 0 unspecified atom stereocenters. The van der Waals surface area contributed by atoms with Crippen molar-refractivity contribution in [3.05, 3.63) is 23.9 Å². The van der Waals surface area contributed by atoms with Gasteiger partial charge in [0.05, 0.1) is 19.8 Å². The van der Waals surface area contributed by atoms with Crippen molar-refractivity contribution in [3.8, 4) is 0 Å². The minimum atomic E-state index is 0. The van der Waals surface area contributed by atoms with Crippen LogP contribution in [0.25, 0.3) is 0 Å². The van der Waals surface area contributed by atoms with Crippen molar-refractivity contribution in [1.82, 2.24) is 15.6 Å². The standard InChI is InChI=1S/C19H31N5O.HI/c1-4-20-18(21-12-19(3)13-25-14-19)23-16-8-10-24(11-9-16)17-7-5-6-15(2)22-17;/h5-7,16H,4,8-14H2,1-3H3,(H2,20,21,23);1H. The van der Waals surface area contributed by atoms with Gasteiger partial charge in [0.2, 0.25) is 0 Å². The number of nitrogens with one attached hydrogen (secondary N) is 2. The summed E-state index contributed by atoms with van der Waals surface area (Å²) < 4.78 is 5.32. The van der Waals surface area contributed by atoms with Crippen LogP contribution in [0.1, 0.15) is 32.4 Å². The van der Waals surface area contributed by atoms with Crippen LogP contribution in [0.3, 0.4) is 0 Å². The van der Waals surface area contributed by atoms with E-state index < -0.39 is 0 Å². The topological polar surface area (TPSA) is 61.8 Å². The van der Waals surface area contributed by atoms with Crippen molar-refractivity contribution >= 4 is 35.8 Å². The predicted octanol–water partition coefficient (Wildman–Crippen LogP) is 2.57. The molecule has 2 saturated heterocycles. The lowest BCUT2D eigenvalue weighted by molar-refractivity contribution is -0.0945. The number of hydrogen-bond donors (Lipinski definition) is 2. The lowest BCUT2D eigenvalue weighted by Crippen LogP contribution is -2.50. The number of aromatic nitrogens is 1. The molecule has 2 aliphatic rings. The summed E-state index contributed by atoms with van der Waals surface area (Å²) in [5.41, 5.74) is 1.29. The Bertz CT molecular complexity index is 597. The first-order chi connectivity index (χ1) is 12.1. The van der Waals surface area contributed by atoms with Gasteiger partial charge in [-0.05, 0) is 38.8 Å². The van der Waals surface area contributed by atoms with Gasteiger partial charge < -0.3 is 20.3 Å². The van der Waals surface area contributed by atoms with E-state index in [1.54, 1.807) is 0 Å². The number of aryl methyl sites for hydroxylation is 1. The maximum Gasteiger partial charge on any atom is 0.191 e. The van der Waals surface area contributed by atoms with Gasteiger partial charge >= 0.3 is 0 Å². The van der Waals surface area contributed by atoms with Crippen molar-refractivity contribution in [2.75, 3.05) is 44.3 Å². The number of rotatable bonds is 5. The maximum absolute atomic E-state index is 5.32. The number of anilines is 1. The second-order valence-corrected chi connectivity index (χ2v) is 7.54. The van der Waals surface area contributed by atoms with E-state index in [0.717, 1.165) is 69.7 Å². The average molecular weight is 473 g/mol. The first kappa shape index (κ1) is 21.2. The van der Waals surface area contributed by atoms with E-state index in [1.807, 2.05) is 13.0 Å². The van der Waals surface area contributed by atoms with Crippen LogP contribution in [0, 0.1) is 12.3 Å². The third-order valence-electron chi connectivity index (χ3n) is 4.90. The summed E-state index contributed by atoms with van der Waals surface area (Å²) in [6, 6.07) is 6.70. The molecule has 0 atom stereocenters. The molecule has 0 spiro atoms. The SMILES string of the molecule is CCNC(=NCC1(C)COC1)NC1CCN(c2cccc(C)n2)CC1.I. The zero-order valence-corrected chi connectivity index (χ0v) is 18.5. The molecular formula is C19H32IN5O. The maximum atomic E-state index is 5.32. The summed E-state index contributed by atoms with van der Waals surface area (Å²) in [7, 11) is 0. The number of pyridine rings is 1. The van der Waals surface area contributed by atoms with Crippen molar-refractivity contribution in [2.24, 2.45) is 10.4 Å². The summed E-state index contributed by atoms with van der Waals surface area (Å²) in [5, 5.41) is 6.99. The lowest BCUT2D eigenvalue weighted by Gasteiger charge is -2.37. The van der Waals surface area contributed by atoms with Gasteiger partial charge in [0, 0.05) is 36.8 Å². The van der Waals surface area contributed by atoms with Crippen LogP contribution in [0.15, 0.2) is 23.2 Å². The van der Waals surface area contributed by atoms with E-state index in [0.29, 0.717) is 6.04 Å². The Hall–Kier alpha value is -1.09. The van der Waals surface area contributed by atoms with Crippen LogP contribution < -0.4 is 15.5 Å². The van der Waals surface area contributed by atoms with E-state index in [2.05, 4.69) is 46.5 Å². The minimum Gasteiger partial charge on any atom is -0.380 e. The monoisotopic (exact) mass is 473 g/mol. The average Bonchev–Trinajstić information content (AvgIpc) is 2.59. The highest BCUT2D eigenvalue weighted by Gasteiger charge is 2.33. The molecule has 2 fully saturated rings. The van der Waals surface area contributed by atoms with Crippen LogP contribution in [-0.2, 0) is 4.74 Å². The van der Waals surface area contributed by atoms with E-state index in [-0.39, 0.29) is 29.4 Å². The van der Waals surface area contributed by atoms with Gasteiger partial charge in [0.15, 0.2) is 5.96 Å². The molecule has 3 heterocycles. The number of nitrogens with zero attached hydrogens (tertiary/aromatic N) is 3. The van der Waals surface area contributed by atoms with E-state index >= 15 is 0 Å². The second-order valence-electron chi connectivity index (χ2n) is 7.54. The molecule has 3 rings (SSSR count). The van der Waals surface area contributed by atoms with Gasteiger partial charge in [0.1, 0.15) is 5.82 Å². The Morgan fingerprint density at radius 1 is 1.35 bits per heavy atom. The molecule has 0 amide bonds. The number of guanidine groups is 1. The molecule has 1 aromatic rings. The van der Waals surface area contributed by atoms with Gasteiger partial charge in [-0.2, -0.15) is 0 Å². The van der Waals surface area contributed by atoms with Crippen molar-refractivity contribution in [1.29, 1.82) is 0 Å². The van der Waals surface area contributed by atoms with Gasteiger partial charge in [-0.1, -0.05) is 13.0 Å². The molecule has 26 heavy (non-hydrogen) atoms. The fourth-order valence-electron chi connectivity index (χ4n) is 3.28. The summed E-state index contributed by atoms with van der Waals surface area (Å²) >= 11 is 0. The molecule has 0 radical (unpaired) electrons. The number of piperidine rings is 1. The van der Waals surface area contributed by atoms with Crippen molar-refractivity contribution in [2.45, 2.75) is 39.7 Å². The fourth-order valence-corrected chi connectivity index (χ4v) is 3.28. The largest absolute Gasteiger partial charge is 0.380 e. The molecule has 146 valence electrons. The molecule has 1 aromatic heterocycles. The zero-order chi connectivity index (χ0) is 17.7. The third kappa shape index (κ3) is 5.70. The quantitative estimate of drug-likeness (QED) is 0.391. The number of ether oxygens (including phenoxy) is 1. The first-order valence-electron chi connectivity index (χ1n) is 9.39. The first-order valence-corrected chi connectivity index (χ1v) is 9.39. The van der Waals surface area contributed by atoms with E-state index in [9.17, 15) is 0 Å². The van der Waals surface area contributed by atoms with Crippen molar-refractivity contribution < 1.29 is 4.74 Å². The van der Waals surface area contributed by atoms with Gasteiger partial charge in [-0.15, -0.1) is 24.0 Å². The smallest absolute Gasteiger partial charge is 0.191 e. The molecule has 0 aromatic carbocycles. The Balaban J connectivity index is 0.00000243. The molecule has 2 N–H and O–H groups in total. The summed E-state index contributed by atoms with van der Waals surface area (Å²) in [6.45, 7) is 11.8. The normalized spacial score (nSPS) is 20.1. The number of halogens is 1. The molecule has 0 saturated carbocycles. The highest BCUT2D eigenvalue weighted by molar-refractivity contribution is 14.0. The Kier molecular flexibility index (Phi) is 7.94. The Labute approximate surface area is 174 Å². The minimum absolute atomic E-state index is 0. The summed E-state index contributed by atoms with van der Waals surface area (Å²) in [6.07, 6.45) is 2.20. The summed E-state index contributed by atoms with van der Waals surface area (Å²) in [5.74, 6) is 2.03. The number of hydrogen-bond acceptors (Lipinski definition) is 4. The molecular weight excluding hydrogens is 441 g/mol. The Morgan fingerprint density at radius 2 is 2.08 bits per heavy atom. The van der Waals surface area contributed by atoms with Crippen LogP contribution in [0.2, 0.25) is 0 Å². The predicted molar refractivity (Wildman–Crippen MR) is 118 cm³/mol.